The summed E-state index contributed by atoms with van der Waals surface area (Å²) in [4.78, 5) is 20.5. The van der Waals surface area contributed by atoms with Crippen molar-refractivity contribution < 1.29 is 4.79 Å². The molecule has 1 aromatic carbocycles. The zero-order chi connectivity index (χ0) is 14.1. The van der Waals surface area contributed by atoms with Crippen LogP contribution in [0.2, 0.25) is 0 Å². The van der Waals surface area contributed by atoms with Gasteiger partial charge in [-0.05, 0) is 30.7 Å². The molecule has 0 aliphatic heterocycles. The van der Waals surface area contributed by atoms with Gasteiger partial charge in [0.05, 0.1) is 0 Å². The number of rotatable bonds is 2. The summed E-state index contributed by atoms with van der Waals surface area (Å²) in [6.45, 7) is 1.94. The van der Waals surface area contributed by atoms with Crippen molar-refractivity contribution in [3.63, 3.8) is 0 Å². The van der Waals surface area contributed by atoms with Crippen LogP contribution in [-0.4, -0.2) is 15.9 Å². The van der Waals surface area contributed by atoms with Gasteiger partial charge in [0.25, 0.3) is 5.91 Å². The van der Waals surface area contributed by atoms with Gasteiger partial charge < -0.3 is 5.73 Å². The first-order valence-electron chi connectivity index (χ1n) is 6.01. The molecule has 3 rings (SSSR count). The van der Waals surface area contributed by atoms with Gasteiger partial charge >= 0.3 is 0 Å². The van der Waals surface area contributed by atoms with Crippen molar-refractivity contribution in [2.75, 3.05) is 11.1 Å². The first kappa shape index (κ1) is 12.6. The first-order valence-corrected chi connectivity index (χ1v) is 6.89. The molecule has 0 saturated heterocycles. The number of amides is 1. The van der Waals surface area contributed by atoms with Gasteiger partial charge in [-0.2, -0.15) is 0 Å². The monoisotopic (exact) mass is 284 g/mol. The van der Waals surface area contributed by atoms with Crippen LogP contribution in [0.5, 0.6) is 0 Å². The summed E-state index contributed by atoms with van der Waals surface area (Å²) in [5.74, 6) is -0.282. The normalized spacial score (nSPS) is 10.7. The number of hydrogen-bond acceptors (Lipinski definition) is 5. The molecule has 100 valence electrons. The molecule has 0 unspecified atom stereocenters. The lowest BCUT2D eigenvalue weighted by atomic mass is 10.0. The van der Waals surface area contributed by atoms with Gasteiger partial charge in [0.15, 0.2) is 5.13 Å². The third-order valence-electron chi connectivity index (χ3n) is 2.92. The minimum absolute atomic E-state index is 0.282. The third-order valence-corrected chi connectivity index (χ3v) is 3.61. The molecular formula is C14H12N4OS. The van der Waals surface area contributed by atoms with Gasteiger partial charge in [-0.1, -0.05) is 0 Å². The van der Waals surface area contributed by atoms with Crippen LogP contribution < -0.4 is 11.1 Å². The van der Waals surface area contributed by atoms with E-state index in [4.69, 9.17) is 5.73 Å². The second-order valence-electron chi connectivity index (χ2n) is 4.40. The Morgan fingerprint density at radius 2 is 2.10 bits per heavy atom. The van der Waals surface area contributed by atoms with Crippen LogP contribution in [0.3, 0.4) is 0 Å². The number of nitrogens with two attached hydrogens (primary N) is 1. The third kappa shape index (κ3) is 2.21. The molecular weight excluding hydrogens is 272 g/mol. The summed E-state index contributed by atoms with van der Waals surface area (Å²) >= 11 is 1.36. The van der Waals surface area contributed by atoms with Gasteiger partial charge in [-0.15, -0.1) is 11.3 Å². The Kier molecular flexibility index (Phi) is 3.08. The van der Waals surface area contributed by atoms with Crippen molar-refractivity contribution in [1.29, 1.82) is 0 Å². The fourth-order valence-electron chi connectivity index (χ4n) is 2.09. The second-order valence-corrected chi connectivity index (χ2v) is 5.29. The SMILES string of the molecule is Cc1cc(N)c2ccnc(C(=O)Nc3nccs3)c2c1. The topological polar surface area (TPSA) is 80.9 Å². The fourth-order valence-corrected chi connectivity index (χ4v) is 2.61. The largest absolute Gasteiger partial charge is 0.398 e. The Morgan fingerprint density at radius 1 is 1.25 bits per heavy atom. The summed E-state index contributed by atoms with van der Waals surface area (Å²) in [6.07, 6.45) is 3.23. The van der Waals surface area contributed by atoms with Crippen molar-refractivity contribution in [1.82, 2.24) is 9.97 Å². The number of nitrogen functional groups attached to an aromatic ring is 1. The number of carbonyl (C=O) groups excluding carboxylic acids is 1. The molecule has 3 N–H and O–H groups in total. The van der Waals surface area contributed by atoms with Crippen LogP contribution in [0.1, 0.15) is 16.1 Å². The molecule has 0 radical (unpaired) electrons. The van der Waals surface area contributed by atoms with E-state index in [9.17, 15) is 4.79 Å². The van der Waals surface area contributed by atoms with E-state index >= 15 is 0 Å². The predicted octanol–water partition coefficient (Wildman–Crippen LogP) is 2.83. The highest BCUT2D eigenvalue weighted by atomic mass is 32.1. The lowest BCUT2D eigenvalue weighted by molar-refractivity contribution is 0.102. The fraction of sp³-hybridized carbons (Fsp3) is 0.0714. The number of nitrogens with one attached hydrogen (secondary N) is 1. The van der Waals surface area contributed by atoms with Crippen LogP contribution in [0.25, 0.3) is 10.8 Å². The molecule has 3 aromatic rings. The van der Waals surface area contributed by atoms with Crippen LogP contribution in [-0.2, 0) is 0 Å². The van der Waals surface area contributed by atoms with Gasteiger partial charge in [-0.25, -0.2) is 4.98 Å². The molecule has 20 heavy (non-hydrogen) atoms. The van der Waals surface area contributed by atoms with Crippen molar-refractivity contribution in [2.45, 2.75) is 6.92 Å². The van der Waals surface area contributed by atoms with Gasteiger partial charge in [-0.3, -0.25) is 15.1 Å². The quantitative estimate of drug-likeness (QED) is 0.709. The molecule has 2 heterocycles. The van der Waals surface area contributed by atoms with E-state index in [1.807, 2.05) is 25.1 Å². The van der Waals surface area contributed by atoms with E-state index in [0.29, 0.717) is 16.5 Å². The molecule has 0 aliphatic carbocycles. The molecule has 0 aliphatic rings. The van der Waals surface area contributed by atoms with E-state index in [1.54, 1.807) is 17.8 Å². The van der Waals surface area contributed by atoms with Gasteiger partial charge in [0.1, 0.15) is 5.69 Å². The summed E-state index contributed by atoms with van der Waals surface area (Å²) in [7, 11) is 0. The summed E-state index contributed by atoms with van der Waals surface area (Å²) in [6, 6.07) is 5.60. The van der Waals surface area contributed by atoms with Gasteiger partial charge in [0.2, 0.25) is 0 Å². The number of nitrogens with zero attached hydrogens (tertiary/aromatic N) is 2. The maximum Gasteiger partial charge on any atom is 0.276 e. The number of hydrogen-bond donors (Lipinski definition) is 2. The van der Waals surface area contributed by atoms with E-state index in [0.717, 1.165) is 16.3 Å². The number of carbonyl (C=O) groups is 1. The molecule has 1 amide bonds. The van der Waals surface area contributed by atoms with E-state index in [-0.39, 0.29) is 5.91 Å². The Morgan fingerprint density at radius 3 is 2.85 bits per heavy atom. The Bertz CT molecular complexity index is 783. The summed E-state index contributed by atoms with van der Waals surface area (Å²) < 4.78 is 0. The van der Waals surface area contributed by atoms with E-state index in [2.05, 4.69) is 15.3 Å². The van der Waals surface area contributed by atoms with Crippen molar-refractivity contribution >= 4 is 38.8 Å². The standard InChI is InChI=1S/C14H12N4OS/c1-8-6-10-9(11(15)7-8)2-3-16-12(10)13(19)18-14-17-4-5-20-14/h2-7H,15H2,1H3,(H,17,18,19). The Balaban J connectivity index is 2.09. The lowest BCUT2D eigenvalue weighted by Crippen LogP contribution is -2.14. The van der Waals surface area contributed by atoms with Gasteiger partial charge in [0, 0.05) is 34.2 Å². The number of aromatic nitrogens is 2. The zero-order valence-electron chi connectivity index (χ0n) is 10.8. The minimum Gasteiger partial charge on any atom is -0.398 e. The Hall–Kier alpha value is -2.47. The maximum absolute atomic E-state index is 12.3. The molecule has 0 spiro atoms. The van der Waals surface area contributed by atoms with Crippen LogP contribution in [0, 0.1) is 6.92 Å². The van der Waals surface area contributed by atoms with E-state index in [1.165, 1.54) is 11.3 Å². The van der Waals surface area contributed by atoms with Crippen LogP contribution in [0.15, 0.2) is 36.0 Å². The number of fused-ring (bicyclic) bond motifs is 1. The van der Waals surface area contributed by atoms with Crippen molar-refractivity contribution in [2.24, 2.45) is 0 Å². The number of anilines is 2. The lowest BCUT2D eigenvalue weighted by Gasteiger charge is -2.08. The number of pyridine rings is 1. The first-order chi connectivity index (χ1) is 9.65. The molecule has 5 nitrogen and oxygen atoms in total. The summed E-state index contributed by atoms with van der Waals surface area (Å²) in [5.41, 5.74) is 7.98. The van der Waals surface area contributed by atoms with Crippen molar-refractivity contribution in [3.05, 3.63) is 47.2 Å². The second kappa shape index (κ2) is 4.90. The van der Waals surface area contributed by atoms with Crippen molar-refractivity contribution in [3.8, 4) is 0 Å². The average molecular weight is 284 g/mol. The molecule has 6 heteroatoms. The molecule has 0 atom stereocenters. The highest BCUT2D eigenvalue weighted by Crippen LogP contribution is 2.25. The van der Waals surface area contributed by atoms with Crippen LogP contribution in [0.4, 0.5) is 10.8 Å². The highest BCUT2D eigenvalue weighted by Gasteiger charge is 2.14. The number of benzene rings is 1. The smallest absolute Gasteiger partial charge is 0.276 e. The van der Waals surface area contributed by atoms with E-state index < -0.39 is 0 Å². The van der Waals surface area contributed by atoms with Crippen LogP contribution >= 0.6 is 11.3 Å². The Labute approximate surface area is 119 Å². The summed E-state index contributed by atoms with van der Waals surface area (Å²) in [5, 5.41) is 6.66. The minimum atomic E-state index is -0.282. The maximum atomic E-state index is 12.3. The molecule has 0 bridgehead atoms. The average Bonchev–Trinajstić information content (AvgIpc) is 2.90. The molecule has 0 fully saturated rings. The number of thiazole rings is 1. The molecule has 2 aromatic heterocycles. The number of aryl methyl sites for hydroxylation is 1. The zero-order valence-corrected chi connectivity index (χ0v) is 11.6. The molecule has 0 saturated carbocycles. The highest BCUT2D eigenvalue weighted by molar-refractivity contribution is 7.13. The predicted molar refractivity (Wildman–Crippen MR) is 81.0 cm³/mol.